The number of fused-ring (bicyclic) bond motifs is 1. The van der Waals surface area contributed by atoms with Gasteiger partial charge in [0.15, 0.2) is 0 Å². The van der Waals surface area contributed by atoms with Crippen LogP contribution < -0.4 is 5.32 Å². The lowest BCUT2D eigenvalue weighted by molar-refractivity contribution is -0.135. The fourth-order valence-electron chi connectivity index (χ4n) is 4.08. The van der Waals surface area contributed by atoms with E-state index in [1.807, 2.05) is 11.0 Å². The van der Waals surface area contributed by atoms with Crippen molar-refractivity contribution in [3.05, 3.63) is 29.3 Å². The van der Waals surface area contributed by atoms with Crippen LogP contribution in [-0.2, 0) is 22.4 Å². The Hall–Kier alpha value is -1.84. The largest absolute Gasteiger partial charge is 0.342 e. The van der Waals surface area contributed by atoms with E-state index in [-0.39, 0.29) is 17.7 Å². The number of nitrogens with one attached hydrogen (secondary N) is 1. The second-order valence-electron chi connectivity index (χ2n) is 7.51. The van der Waals surface area contributed by atoms with Crippen LogP contribution >= 0.6 is 0 Å². The van der Waals surface area contributed by atoms with Crippen LogP contribution in [0.4, 0.5) is 5.69 Å². The number of rotatable bonds is 3. The molecule has 0 bridgehead atoms. The molecule has 0 spiro atoms. The summed E-state index contributed by atoms with van der Waals surface area (Å²) in [5.74, 6) is 0.761. The third-order valence-electron chi connectivity index (χ3n) is 5.76. The molecule has 1 aromatic carbocycles. The van der Waals surface area contributed by atoms with Crippen molar-refractivity contribution in [2.75, 3.05) is 18.4 Å². The molecule has 1 saturated carbocycles. The highest BCUT2D eigenvalue weighted by Gasteiger charge is 2.36. The number of piperidine rings is 1. The maximum Gasteiger partial charge on any atom is 0.227 e. The number of anilines is 1. The predicted molar refractivity (Wildman–Crippen MR) is 93.7 cm³/mol. The van der Waals surface area contributed by atoms with Crippen LogP contribution in [0.15, 0.2) is 18.2 Å². The maximum absolute atomic E-state index is 12.7. The van der Waals surface area contributed by atoms with E-state index >= 15 is 0 Å². The number of hydrogen-bond acceptors (Lipinski definition) is 2. The number of aryl methyl sites for hydroxylation is 1. The van der Waals surface area contributed by atoms with Gasteiger partial charge in [-0.15, -0.1) is 0 Å². The molecule has 1 aromatic rings. The molecule has 1 saturated heterocycles. The summed E-state index contributed by atoms with van der Waals surface area (Å²) in [5, 5.41) is 3.18. The lowest BCUT2D eigenvalue weighted by Crippen LogP contribution is -2.42. The number of amides is 2. The second kappa shape index (κ2) is 6.58. The molecule has 2 amide bonds. The Morgan fingerprint density at radius 3 is 2.46 bits per heavy atom. The van der Waals surface area contributed by atoms with E-state index in [0.717, 1.165) is 57.3 Å². The zero-order valence-electron chi connectivity index (χ0n) is 14.2. The highest BCUT2D eigenvalue weighted by Crippen LogP contribution is 2.33. The van der Waals surface area contributed by atoms with Gasteiger partial charge in [0, 0.05) is 30.6 Å². The molecular formula is C20H26N2O2. The molecule has 4 nitrogen and oxygen atoms in total. The van der Waals surface area contributed by atoms with Crippen LogP contribution in [0.3, 0.4) is 0 Å². The SMILES string of the molecule is O=C(Nc1cccc2c1CCCC2)C1CCN(C(=O)C2CC2)CC1. The van der Waals surface area contributed by atoms with E-state index < -0.39 is 0 Å². The lowest BCUT2D eigenvalue weighted by atomic mass is 9.90. The molecular weight excluding hydrogens is 300 g/mol. The molecule has 0 unspecified atom stereocenters. The first kappa shape index (κ1) is 15.7. The molecule has 128 valence electrons. The van der Waals surface area contributed by atoms with E-state index in [1.165, 1.54) is 24.0 Å². The molecule has 0 aromatic heterocycles. The Labute approximate surface area is 143 Å². The fraction of sp³-hybridized carbons (Fsp3) is 0.600. The zero-order valence-corrected chi connectivity index (χ0v) is 14.2. The van der Waals surface area contributed by atoms with Crippen LogP contribution in [0.1, 0.15) is 49.7 Å². The summed E-state index contributed by atoms with van der Waals surface area (Å²) in [6.07, 6.45) is 8.34. The van der Waals surface area contributed by atoms with Gasteiger partial charge >= 0.3 is 0 Å². The van der Waals surface area contributed by atoms with Crippen molar-refractivity contribution in [1.82, 2.24) is 4.90 Å². The van der Waals surface area contributed by atoms with E-state index in [9.17, 15) is 9.59 Å². The molecule has 2 aliphatic carbocycles. The fourth-order valence-corrected chi connectivity index (χ4v) is 4.08. The normalized spacial score (nSPS) is 21.2. The van der Waals surface area contributed by atoms with Gasteiger partial charge in [0.1, 0.15) is 0 Å². The van der Waals surface area contributed by atoms with Crippen molar-refractivity contribution >= 4 is 17.5 Å². The summed E-state index contributed by atoms with van der Waals surface area (Å²) in [6.45, 7) is 1.47. The third kappa shape index (κ3) is 3.19. The Bertz CT molecular complexity index is 643. The quantitative estimate of drug-likeness (QED) is 0.927. The minimum atomic E-state index is 0.0349. The predicted octanol–water partition coefficient (Wildman–Crippen LogP) is 3.15. The molecule has 3 aliphatic rings. The minimum Gasteiger partial charge on any atom is -0.342 e. The lowest BCUT2D eigenvalue weighted by Gasteiger charge is -2.31. The van der Waals surface area contributed by atoms with Crippen molar-refractivity contribution in [3.63, 3.8) is 0 Å². The molecule has 1 N–H and O–H groups in total. The first-order valence-corrected chi connectivity index (χ1v) is 9.43. The highest BCUT2D eigenvalue weighted by molar-refractivity contribution is 5.93. The number of likely N-dealkylation sites (tertiary alicyclic amines) is 1. The van der Waals surface area contributed by atoms with Gasteiger partial charge in [-0.05, 0) is 68.6 Å². The van der Waals surface area contributed by atoms with Gasteiger partial charge in [-0.1, -0.05) is 12.1 Å². The van der Waals surface area contributed by atoms with Crippen molar-refractivity contribution in [2.45, 2.75) is 51.4 Å². The average molecular weight is 326 g/mol. The molecule has 4 rings (SSSR count). The molecule has 4 heteroatoms. The Balaban J connectivity index is 1.36. The van der Waals surface area contributed by atoms with Crippen molar-refractivity contribution in [1.29, 1.82) is 0 Å². The van der Waals surface area contributed by atoms with Crippen LogP contribution in [0.5, 0.6) is 0 Å². The molecule has 2 fully saturated rings. The number of benzene rings is 1. The molecule has 0 radical (unpaired) electrons. The van der Waals surface area contributed by atoms with Gasteiger partial charge in [0.25, 0.3) is 0 Å². The minimum absolute atomic E-state index is 0.0349. The first-order valence-electron chi connectivity index (χ1n) is 9.43. The van der Waals surface area contributed by atoms with Crippen LogP contribution in [-0.4, -0.2) is 29.8 Å². The zero-order chi connectivity index (χ0) is 16.5. The maximum atomic E-state index is 12.7. The van der Waals surface area contributed by atoms with E-state index in [0.29, 0.717) is 5.91 Å². The standard InChI is InChI=1S/C20H26N2O2/c23-19(15-10-12-22(13-11-15)20(24)16-8-9-16)21-18-7-3-5-14-4-1-2-6-17(14)18/h3,5,7,15-16H,1-2,4,6,8-13H2,(H,21,23). The topological polar surface area (TPSA) is 49.4 Å². The number of nitrogens with zero attached hydrogens (tertiary/aromatic N) is 1. The van der Waals surface area contributed by atoms with Gasteiger partial charge in [0.05, 0.1) is 0 Å². The van der Waals surface area contributed by atoms with Gasteiger partial charge in [-0.25, -0.2) is 0 Å². The molecule has 1 heterocycles. The van der Waals surface area contributed by atoms with E-state index in [2.05, 4.69) is 17.4 Å². The summed E-state index contributed by atoms with van der Waals surface area (Å²) in [6, 6.07) is 6.27. The van der Waals surface area contributed by atoms with E-state index in [1.54, 1.807) is 0 Å². The van der Waals surface area contributed by atoms with Gasteiger partial charge in [-0.2, -0.15) is 0 Å². The smallest absolute Gasteiger partial charge is 0.227 e. The van der Waals surface area contributed by atoms with Crippen LogP contribution in [0.2, 0.25) is 0 Å². The van der Waals surface area contributed by atoms with Crippen LogP contribution in [0, 0.1) is 11.8 Å². The summed E-state index contributed by atoms with van der Waals surface area (Å²) < 4.78 is 0. The average Bonchev–Trinajstić information content (AvgIpc) is 3.47. The van der Waals surface area contributed by atoms with Crippen molar-refractivity contribution < 1.29 is 9.59 Å². The Kier molecular flexibility index (Phi) is 4.30. The third-order valence-corrected chi connectivity index (χ3v) is 5.76. The highest BCUT2D eigenvalue weighted by atomic mass is 16.2. The summed E-state index contributed by atoms with van der Waals surface area (Å²) in [5.41, 5.74) is 3.73. The molecule has 0 atom stereocenters. The number of hydrogen-bond donors (Lipinski definition) is 1. The van der Waals surface area contributed by atoms with Crippen molar-refractivity contribution in [3.8, 4) is 0 Å². The van der Waals surface area contributed by atoms with Gasteiger partial charge in [0.2, 0.25) is 11.8 Å². The Morgan fingerprint density at radius 1 is 0.958 bits per heavy atom. The van der Waals surface area contributed by atoms with Gasteiger partial charge in [-0.3, -0.25) is 9.59 Å². The van der Waals surface area contributed by atoms with Crippen LogP contribution in [0.25, 0.3) is 0 Å². The summed E-state index contributed by atoms with van der Waals surface area (Å²) in [7, 11) is 0. The van der Waals surface area contributed by atoms with Crippen molar-refractivity contribution in [2.24, 2.45) is 11.8 Å². The number of carbonyl (C=O) groups is 2. The molecule has 24 heavy (non-hydrogen) atoms. The Morgan fingerprint density at radius 2 is 1.71 bits per heavy atom. The summed E-state index contributed by atoms with van der Waals surface area (Å²) >= 11 is 0. The van der Waals surface area contributed by atoms with Gasteiger partial charge < -0.3 is 10.2 Å². The molecule has 1 aliphatic heterocycles. The second-order valence-corrected chi connectivity index (χ2v) is 7.51. The first-order chi connectivity index (χ1) is 11.7. The monoisotopic (exact) mass is 326 g/mol. The number of carbonyl (C=O) groups excluding carboxylic acids is 2. The summed E-state index contributed by atoms with van der Waals surface area (Å²) in [4.78, 5) is 26.7. The van der Waals surface area contributed by atoms with E-state index in [4.69, 9.17) is 0 Å².